The molecule has 0 saturated carbocycles. The Kier molecular flexibility index (Phi) is 22.4. The molecule has 6 aliphatic rings. The van der Waals surface area contributed by atoms with Gasteiger partial charge in [0.25, 0.3) is 0 Å². The van der Waals surface area contributed by atoms with E-state index in [1.54, 1.807) is 192 Å². The third-order valence-electron chi connectivity index (χ3n) is 6.33. The van der Waals surface area contributed by atoms with Gasteiger partial charge >= 0.3 is 0 Å². The van der Waals surface area contributed by atoms with Crippen LogP contribution in [0.3, 0.4) is 0 Å². The van der Waals surface area contributed by atoms with Gasteiger partial charge in [0.05, 0.1) is 62.1 Å². The van der Waals surface area contributed by atoms with Gasteiger partial charge in [0.15, 0.2) is 0 Å². The highest BCUT2D eigenvalue weighted by atomic mass is 33.1. The maximum Gasteiger partial charge on any atom is 0.0507 e. The van der Waals surface area contributed by atoms with Crippen LogP contribution in [-0.2, 0) is 0 Å². The predicted molar refractivity (Wildman–Crippen MR) is 287 cm³/mol. The van der Waals surface area contributed by atoms with E-state index < -0.39 is 0 Å². The summed E-state index contributed by atoms with van der Waals surface area (Å²) in [6, 6.07) is 0. The fraction of sp³-hybridized carbons (Fsp3) is 0. The van der Waals surface area contributed by atoms with Crippen LogP contribution in [0.15, 0.2) is 233 Å². The second kappa shape index (κ2) is 28.8. The van der Waals surface area contributed by atoms with Gasteiger partial charge in [-0.15, -0.1) is 0 Å². The lowest BCUT2D eigenvalue weighted by Gasteiger charge is -1.86. The molecule has 0 aliphatic carbocycles. The van der Waals surface area contributed by atoms with Crippen LogP contribution < -0.4 is 0 Å². The Balaban J connectivity index is 0.841. The Morgan fingerprint density at radius 3 is 0.817 bits per heavy atom. The molecular weight excluding hydrogens is 981 g/mol. The molecule has 0 unspecified atom stereocenters. The van der Waals surface area contributed by atoms with Crippen LogP contribution >= 0.6 is 130 Å². The molecule has 0 amide bonds. The van der Waals surface area contributed by atoms with Crippen molar-refractivity contribution < 1.29 is 0 Å². The van der Waals surface area contributed by atoms with E-state index in [1.807, 2.05) is 71.6 Å². The molecule has 0 N–H and O–H groups in total. The Bertz CT molecular complexity index is 2180. The lowest BCUT2D eigenvalue weighted by molar-refractivity contribution is 1.22. The molecule has 0 spiro atoms. The highest BCUT2D eigenvalue weighted by molar-refractivity contribution is 8.81. The largest absolute Gasteiger partial charge is 0.159 e. The average Bonchev–Trinajstić information content (AvgIpc) is 4.12. The molecule has 0 aromatic rings. The van der Waals surface area contributed by atoms with Gasteiger partial charge in [-0.05, 0) is 108 Å². The van der Waals surface area contributed by atoms with E-state index in [4.69, 9.17) is 0 Å². The molecule has 60 heavy (non-hydrogen) atoms. The fourth-order valence-electron chi connectivity index (χ4n) is 3.78. The summed E-state index contributed by atoms with van der Waals surface area (Å²) in [5.74, 6) is 0. The molecule has 0 atom stereocenters. The highest BCUT2D eigenvalue weighted by Crippen LogP contribution is 2.47. The van der Waals surface area contributed by atoms with Gasteiger partial charge in [0.1, 0.15) is 0 Å². The molecule has 0 bridgehead atoms. The monoisotopic (exact) mass is 1010 g/mol. The third kappa shape index (κ3) is 19.1. The molecular formula is C38H28N10S12. The molecule has 6 heterocycles. The quantitative estimate of drug-likeness (QED) is 0.0596. The second-order valence-electron chi connectivity index (χ2n) is 10.5. The van der Waals surface area contributed by atoms with Crippen molar-refractivity contribution in [2.75, 3.05) is 0 Å². The summed E-state index contributed by atoms with van der Waals surface area (Å²) in [4.78, 5) is 11.0. The topological polar surface area (TPSA) is 124 Å². The second-order valence-corrected chi connectivity index (χ2v) is 24.0. The van der Waals surface area contributed by atoms with Crippen LogP contribution in [0.2, 0.25) is 0 Å². The average molecular weight is 1010 g/mol. The number of allylic oxidation sites excluding steroid dienone is 16. The van der Waals surface area contributed by atoms with Crippen LogP contribution in [0, 0.1) is 0 Å². The smallest absolute Gasteiger partial charge is 0.0507 e. The fourth-order valence-corrected chi connectivity index (χ4v) is 15.4. The maximum absolute atomic E-state index is 4.13. The molecule has 302 valence electrons. The number of hydrogen-bond acceptors (Lipinski definition) is 22. The normalized spacial score (nSPS) is 24.5. The van der Waals surface area contributed by atoms with Crippen molar-refractivity contribution in [3.8, 4) is 0 Å². The first kappa shape index (κ1) is 46.8. The van der Waals surface area contributed by atoms with E-state index in [9.17, 15) is 0 Å². The summed E-state index contributed by atoms with van der Waals surface area (Å²) in [5.41, 5.74) is 0. The minimum atomic E-state index is 1.08. The Hall–Kier alpha value is -2.74. The van der Waals surface area contributed by atoms with Crippen LogP contribution in [0.5, 0.6) is 0 Å². The minimum absolute atomic E-state index is 1.08. The Morgan fingerprint density at radius 2 is 0.567 bits per heavy atom. The van der Waals surface area contributed by atoms with E-state index in [-0.39, 0.29) is 0 Å². The molecule has 0 saturated heterocycles. The van der Waals surface area contributed by atoms with Crippen LogP contribution in [0.1, 0.15) is 0 Å². The molecule has 0 radical (unpaired) electrons. The molecule has 6 rings (SSSR count). The van der Waals surface area contributed by atoms with Gasteiger partial charge in [-0.1, -0.05) is 130 Å². The molecule has 10 nitrogen and oxygen atoms in total. The molecule has 0 aromatic carbocycles. The van der Waals surface area contributed by atoms with Crippen molar-refractivity contribution in [1.82, 2.24) is 0 Å². The van der Waals surface area contributed by atoms with Crippen LogP contribution in [0.25, 0.3) is 0 Å². The molecule has 0 fully saturated rings. The first-order chi connectivity index (χ1) is 29.7. The van der Waals surface area contributed by atoms with Gasteiger partial charge < -0.3 is 0 Å². The lowest BCUT2D eigenvalue weighted by Crippen LogP contribution is -1.70. The minimum Gasteiger partial charge on any atom is -0.159 e. The van der Waals surface area contributed by atoms with E-state index >= 15 is 0 Å². The SMILES string of the molecule is C1=C/C(=C/C=N/N=C/C=C2C=C(\C=C/N=N\C=C/C3=CC(=C/C=N/N=C/C=C4C=C(\C=C/N=N\C=C/C5=CC(=C/C=N/N=C/C=C6/C=CSS6)/SS5)SS/4)/SS3)SS/2)SS1. The molecule has 0 aromatic heterocycles. The number of azo groups is 2. The first-order valence-corrected chi connectivity index (χ1v) is 29.9. The number of hydrogen-bond donors (Lipinski definition) is 0. The summed E-state index contributed by atoms with van der Waals surface area (Å²) in [7, 11) is 20.1. The lowest BCUT2D eigenvalue weighted by atomic mass is 10.4. The van der Waals surface area contributed by atoms with Crippen molar-refractivity contribution in [1.29, 1.82) is 0 Å². The van der Waals surface area contributed by atoms with Gasteiger partial charge in [0.2, 0.25) is 0 Å². The number of rotatable bonds is 17. The zero-order valence-corrected chi connectivity index (χ0v) is 40.3. The maximum atomic E-state index is 4.13. The van der Waals surface area contributed by atoms with E-state index in [2.05, 4.69) is 87.5 Å². The van der Waals surface area contributed by atoms with Crippen molar-refractivity contribution in [2.24, 2.45) is 51.1 Å². The van der Waals surface area contributed by atoms with E-state index in [1.165, 1.54) is 0 Å². The van der Waals surface area contributed by atoms with E-state index in [0.717, 1.165) is 49.1 Å². The standard InChI is InChI=1S/C38H28N10S12/c1(29-11-23-49-51-29)13-39-41-15-3-31-25-33(55-53-31)5-17-43-45-19-7-35-27-37(59-57-35)9-21-47-48-22-10-38-28-36(58-60-38)8-20-46-44-18-6-34-26-32(54-56-34)4-16-42-40-14-2-30-12-24-50-52-30/h1-28H/b17-5-,18-6-,19-7-,20-8-,29-1-,30-2-,31-3-,32-4-,37-9-,38-10-,39-13+,40-14+,41-15+,42-16+,45-43-,46-44-,47-21+,48-22+. The Morgan fingerprint density at radius 1 is 0.300 bits per heavy atom. The summed E-state index contributed by atoms with van der Waals surface area (Å²) in [5, 5.41) is 45.0. The predicted octanol–water partition coefficient (Wildman–Crippen LogP) is 16.4. The van der Waals surface area contributed by atoms with Crippen molar-refractivity contribution >= 4 is 167 Å². The summed E-state index contributed by atoms with van der Waals surface area (Å²) in [6.07, 6.45) is 48.6. The summed E-state index contributed by atoms with van der Waals surface area (Å²) in [6.45, 7) is 0. The first-order valence-electron chi connectivity index (χ1n) is 16.9. The van der Waals surface area contributed by atoms with Gasteiger partial charge in [0, 0.05) is 49.1 Å². The van der Waals surface area contributed by atoms with Crippen LogP contribution in [-0.4, -0.2) is 37.3 Å². The van der Waals surface area contributed by atoms with Crippen molar-refractivity contribution in [2.45, 2.75) is 0 Å². The van der Waals surface area contributed by atoms with Crippen molar-refractivity contribution in [3.63, 3.8) is 0 Å². The molecule has 22 heteroatoms. The van der Waals surface area contributed by atoms with Gasteiger partial charge in [-0.25, -0.2) is 0 Å². The van der Waals surface area contributed by atoms with E-state index in [0.29, 0.717) is 0 Å². The Labute approximate surface area is 395 Å². The number of nitrogens with zero attached hydrogens (tertiary/aromatic N) is 10. The zero-order valence-electron chi connectivity index (χ0n) is 30.5. The van der Waals surface area contributed by atoms with Gasteiger partial charge in [-0.3, -0.25) is 0 Å². The summed E-state index contributed by atoms with van der Waals surface area (Å²) >= 11 is 0. The third-order valence-corrected chi connectivity index (χ3v) is 19.9. The van der Waals surface area contributed by atoms with Crippen LogP contribution in [0.4, 0.5) is 0 Å². The molecule has 6 aliphatic heterocycles. The van der Waals surface area contributed by atoms with Crippen molar-refractivity contribution in [3.05, 3.63) is 182 Å². The zero-order chi connectivity index (χ0) is 41.1. The summed E-state index contributed by atoms with van der Waals surface area (Å²) < 4.78 is 0. The van der Waals surface area contributed by atoms with Gasteiger partial charge in [-0.2, -0.15) is 51.1 Å². The highest BCUT2D eigenvalue weighted by Gasteiger charge is 2.10.